The van der Waals surface area contributed by atoms with E-state index in [0.29, 0.717) is 5.41 Å². The van der Waals surface area contributed by atoms with Crippen molar-refractivity contribution in [3.05, 3.63) is 33.3 Å². The number of hydrogen-bond acceptors (Lipinski definition) is 2. The molecule has 1 aromatic rings. The lowest BCUT2D eigenvalue weighted by atomic mass is 9.86. The fraction of sp³-hybridized carbons (Fsp3) is 0.571. The third-order valence-electron chi connectivity index (χ3n) is 4.25. The summed E-state index contributed by atoms with van der Waals surface area (Å²) >= 11 is 9.78. The highest BCUT2D eigenvalue weighted by molar-refractivity contribution is 9.10. The molecular weight excluding hydrogens is 347 g/mol. The largest absolute Gasteiger partial charge is 0.316 e. The third-order valence-corrected chi connectivity index (χ3v) is 5.11. The molecule has 0 bridgehead atoms. The van der Waals surface area contributed by atoms with Crippen LogP contribution in [0, 0.1) is 5.41 Å². The van der Waals surface area contributed by atoms with E-state index in [-0.39, 0.29) is 12.4 Å². The van der Waals surface area contributed by atoms with Crippen molar-refractivity contribution in [2.45, 2.75) is 19.4 Å². The van der Waals surface area contributed by atoms with E-state index in [1.165, 1.54) is 44.6 Å². The summed E-state index contributed by atoms with van der Waals surface area (Å²) in [6.45, 7) is 5.76. The van der Waals surface area contributed by atoms with Crippen LogP contribution in [0.2, 0.25) is 5.02 Å². The lowest BCUT2D eigenvalue weighted by molar-refractivity contribution is 0.268. The summed E-state index contributed by atoms with van der Waals surface area (Å²) in [5.41, 5.74) is 1.77. The number of likely N-dealkylation sites (tertiary alicyclic amines) is 1. The molecule has 2 aliphatic heterocycles. The Bertz CT molecular complexity index is 447. The highest BCUT2D eigenvalue weighted by Crippen LogP contribution is 2.37. The topological polar surface area (TPSA) is 15.3 Å². The molecule has 106 valence electrons. The normalized spacial score (nSPS) is 26.8. The van der Waals surface area contributed by atoms with Gasteiger partial charge in [-0.2, -0.15) is 0 Å². The summed E-state index contributed by atoms with van der Waals surface area (Å²) in [5, 5.41) is 4.38. The van der Waals surface area contributed by atoms with Crippen LogP contribution in [0.25, 0.3) is 0 Å². The molecule has 0 radical (unpaired) electrons. The van der Waals surface area contributed by atoms with E-state index in [9.17, 15) is 0 Å². The maximum Gasteiger partial charge on any atom is 0.0451 e. The van der Waals surface area contributed by atoms with Gasteiger partial charge in [0.05, 0.1) is 0 Å². The molecule has 2 aliphatic rings. The number of rotatable bonds is 2. The van der Waals surface area contributed by atoms with Crippen molar-refractivity contribution in [2.24, 2.45) is 5.41 Å². The molecule has 1 aromatic carbocycles. The summed E-state index contributed by atoms with van der Waals surface area (Å²) < 4.78 is 1.11. The number of nitrogens with zero attached hydrogens (tertiary/aromatic N) is 1. The molecule has 0 saturated carbocycles. The quantitative estimate of drug-likeness (QED) is 0.859. The summed E-state index contributed by atoms with van der Waals surface area (Å²) in [6.07, 6.45) is 2.65. The number of benzene rings is 1. The van der Waals surface area contributed by atoms with Gasteiger partial charge in [-0.05, 0) is 55.1 Å². The van der Waals surface area contributed by atoms with Gasteiger partial charge in [-0.25, -0.2) is 0 Å². The van der Waals surface area contributed by atoms with E-state index in [1.54, 1.807) is 0 Å². The Morgan fingerprint density at radius 1 is 1.37 bits per heavy atom. The van der Waals surface area contributed by atoms with Crippen LogP contribution in [0.5, 0.6) is 0 Å². The Balaban J connectivity index is 0.00000133. The zero-order valence-corrected chi connectivity index (χ0v) is 14.0. The predicted molar refractivity (Wildman–Crippen MR) is 86.2 cm³/mol. The van der Waals surface area contributed by atoms with E-state index >= 15 is 0 Å². The zero-order chi connectivity index (χ0) is 12.6. The molecule has 2 fully saturated rings. The summed E-state index contributed by atoms with van der Waals surface area (Å²) in [4.78, 5) is 2.54. The van der Waals surface area contributed by atoms with E-state index in [2.05, 4.69) is 32.2 Å². The van der Waals surface area contributed by atoms with Gasteiger partial charge in [0.2, 0.25) is 0 Å². The number of nitrogens with one attached hydrogen (secondary N) is 1. The molecule has 0 aliphatic carbocycles. The van der Waals surface area contributed by atoms with Gasteiger partial charge in [-0.15, -0.1) is 12.4 Å². The average Bonchev–Trinajstić information content (AvgIpc) is 2.95. The molecule has 1 atom stereocenters. The molecular formula is C14H19BrCl2N2. The molecule has 0 amide bonds. The standard InChI is InChI=1S/C14H18BrClN2.ClH/c15-12-1-2-13(16)11(7-12)8-18-6-4-14(10-18)3-5-17-9-14;/h1-2,7,17H,3-6,8-10H2;1H. The Labute approximate surface area is 134 Å². The van der Waals surface area contributed by atoms with Crippen LogP contribution in [-0.4, -0.2) is 31.1 Å². The van der Waals surface area contributed by atoms with Crippen LogP contribution < -0.4 is 5.32 Å². The van der Waals surface area contributed by atoms with Crippen molar-refractivity contribution in [2.75, 3.05) is 26.2 Å². The fourth-order valence-electron chi connectivity index (χ4n) is 3.21. The van der Waals surface area contributed by atoms with Crippen LogP contribution in [0.3, 0.4) is 0 Å². The van der Waals surface area contributed by atoms with Crippen molar-refractivity contribution >= 4 is 39.9 Å². The maximum atomic E-state index is 6.27. The predicted octanol–water partition coefficient (Wildman–Crippen LogP) is 3.71. The van der Waals surface area contributed by atoms with Crippen LogP contribution in [0.4, 0.5) is 0 Å². The first-order chi connectivity index (χ1) is 8.67. The van der Waals surface area contributed by atoms with Gasteiger partial charge >= 0.3 is 0 Å². The Hall–Kier alpha value is 0.200. The van der Waals surface area contributed by atoms with Crippen LogP contribution in [0.15, 0.2) is 22.7 Å². The number of hydrogen-bond donors (Lipinski definition) is 1. The first kappa shape index (κ1) is 15.6. The fourth-order valence-corrected chi connectivity index (χ4v) is 3.80. The molecule has 5 heteroatoms. The SMILES string of the molecule is Cl.Clc1ccc(Br)cc1CN1CCC2(CCNC2)C1. The first-order valence-electron chi connectivity index (χ1n) is 6.54. The van der Waals surface area contributed by atoms with Gasteiger partial charge in [0.15, 0.2) is 0 Å². The molecule has 2 nitrogen and oxygen atoms in total. The summed E-state index contributed by atoms with van der Waals surface area (Å²) in [5.74, 6) is 0. The van der Waals surface area contributed by atoms with Crippen molar-refractivity contribution < 1.29 is 0 Å². The molecule has 2 heterocycles. The van der Waals surface area contributed by atoms with Crippen LogP contribution in [-0.2, 0) is 6.54 Å². The van der Waals surface area contributed by atoms with Crippen molar-refractivity contribution in [1.29, 1.82) is 0 Å². The van der Waals surface area contributed by atoms with Crippen molar-refractivity contribution in [3.63, 3.8) is 0 Å². The lowest BCUT2D eigenvalue weighted by Gasteiger charge is -2.23. The highest BCUT2D eigenvalue weighted by Gasteiger charge is 2.40. The van der Waals surface area contributed by atoms with Gasteiger partial charge in [0.1, 0.15) is 0 Å². The monoisotopic (exact) mass is 364 g/mol. The molecule has 19 heavy (non-hydrogen) atoms. The molecule has 1 N–H and O–H groups in total. The minimum atomic E-state index is 0. The van der Waals surface area contributed by atoms with Gasteiger partial charge in [-0.3, -0.25) is 4.90 Å². The van der Waals surface area contributed by atoms with E-state index < -0.39 is 0 Å². The average molecular weight is 366 g/mol. The smallest absolute Gasteiger partial charge is 0.0451 e. The lowest BCUT2D eigenvalue weighted by Crippen LogP contribution is -2.29. The Morgan fingerprint density at radius 3 is 2.95 bits per heavy atom. The minimum Gasteiger partial charge on any atom is -0.316 e. The van der Waals surface area contributed by atoms with Gasteiger partial charge in [0, 0.05) is 29.1 Å². The summed E-state index contributed by atoms with van der Waals surface area (Å²) in [6, 6.07) is 6.11. The summed E-state index contributed by atoms with van der Waals surface area (Å²) in [7, 11) is 0. The van der Waals surface area contributed by atoms with Crippen LogP contribution >= 0.6 is 39.9 Å². The molecule has 0 aromatic heterocycles. The minimum absolute atomic E-state index is 0. The van der Waals surface area contributed by atoms with Crippen molar-refractivity contribution in [3.8, 4) is 0 Å². The van der Waals surface area contributed by atoms with E-state index in [1.807, 2.05) is 12.1 Å². The molecule has 3 rings (SSSR count). The molecule has 2 saturated heterocycles. The molecule has 1 unspecified atom stereocenters. The van der Waals surface area contributed by atoms with Gasteiger partial charge in [0.25, 0.3) is 0 Å². The zero-order valence-electron chi connectivity index (χ0n) is 10.8. The van der Waals surface area contributed by atoms with Crippen LogP contribution in [0.1, 0.15) is 18.4 Å². The van der Waals surface area contributed by atoms with Gasteiger partial charge < -0.3 is 5.32 Å². The Kier molecular flexibility index (Phi) is 5.18. The first-order valence-corrected chi connectivity index (χ1v) is 7.71. The van der Waals surface area contributed by atoms with E-state index in [4.69, 9.17) is 11.6 Å². The van der Waals surface area contributed by atoms with E-state index in [0.717, 1.165) is 16.0 Å². The second kappa shape index (κ2) is 6.31. The third kappa shape index (κ3) is 3.45. The highest BCUT2D eigenvalue weighted by atomic mass is 79.9. The Morgan fingerprint density at radius 2 is 2.21 bits per heavy atom. The number of halogens is 3. The van der Waals surface area contributed by atoms with Crippen molar-refractivity contribution in [1.82, 2.24) is 10.2 Å². The van der Waals surface area contributed by atoms with Gasteiger partial charge in [-0.1, -0.05) is 27.5 Å². The second-order valence-electron chi connectivity index (χ2n) is 5.62. The second-order valence-corrected chi connectivity index (χ2v) is 6.95. The molecule has 1 spiro atoms. The maximum absolute atomic E-state index is 6.27.